The van der Waals surface area contributed by atoms with Crippen molar-refractivity contribution in [1.29, 1.82) is 0 Å². The van der Waals surface area contributed by atoms with Crippen molar-refractivity contribution in [3.8, 4) is 5.69 Å². The molecule has 2 aliphatic rings. The van der Waals surface area contributed by atoms with Crippen molar-refractivity contribution in [2.24, 2.45) is 0 Å². The maximum absolute atomic E-state index is 13.1. The number of hydrogen-bond donors (Lipinski definition) is 0. The first-order valence-corrected chi connectivity index (χ1v) is 9.58. The van der Waals surface area contributed by atoms with Crippen molar-refractivity contribution in [2.45, 2.75) is 13.0 Å². The van der Waals surface area contributed by atoms with E-state index in [9.17, 15) is 14.7 Å². The number of nitro benzene ring substituents is 1. The first-order chi connectivity index (χ1) is 12.0. The summed E-state index contributed by atoms with van der Waals surface area (Å²) in [5.74, 6) is 0. The fourth-order valence-corrected chi connectivity index (χ4v) is 5.08. The molecule has 1 unspecified atom stereocenters. The summed E-state index contributed by atoms with van der Waals surface area (Å²) in [5, 5.41) is 11.3. The SMILES string of the molecule is CC(OP(=O)(N1CC1)N1CC1)c1ccc([N+](=O)[O-])c(-n2ccnc2)c1. The Morgan fingerprint density at radius 1 is 1.28 bits per heavy atom. The highest BCUT2D eigenvalue weighted by Gasteiger charge is 2.50. The lowest BCUT2D eigenvalue weighted by Crippen LogP contribution is -2.11. The van der Waals surface area contributed by atoms with E-state index in [4.69, 9.17) is 4.52 Å². The van der Waals surface area contributed by atoms with Gasteiger partial charge in [0.15, 0.2) is 0 Å². The van der Waals surface area contributed by atoms with Crippen molar-refractivity contribution >= 4 is 13.4 Å². The molecule has 2 saturated heterocycles. The standard InChI is InChI=1S/C15H18N5O4P/c1-12(24-25(23,18-6-7-18)19-8-9-19)13-2-3-14(20(21)22)15(10-13)17-5-4-16-11-17/h2-5,10-12H,6-9H2,1H3. The number of hydrogen-bond acceptors (Lipinski definition) is 5. The van der Waals surface area contributed by atoms with Crippen molar-refractivity contribution in [2.75, 3.05) is 26.2 Å². The summed E-state index contributed by atoms with van der Waals surface area (Å²) in [7, 11) is -2.96. The van der Waals surface area contributed by atoms with E-state index in [0.717, 1.165) is 31.7 Å². The molecule has 3 heterocycles. The summed E-state index contributed by atoms with van der Waals surface area (Å²) in [6, 6.07) is 4.79. The Morgan fingerprint density at radius 2 is 1.96 bits per heavy atom. The van der Waals surface area contributed by atoms with Crippen LogP contribution in [0.2, 0.25) is 0 Å². The smallest absolute Gasteiger partial charge is 0.300 e. The summed E-state index contributed by atoms with van der Waals surface area (Å²) < 4.78 is 24.4. The van der Waals surface area contributed by atoms with Crippen LogP contribution in [-0.2, 0) is 9.09 Å². The minimum Gasteiger partial charge on any atom is -0.300 e. The van der Waals surface area contributed by atoms with Gasteiger partial charge < -0.3 is 4.57 Å². The van der Waals surface area contributed by atoms with Crippen LogP contribution in [-0.4, -0.2) is 50.0 Å². The van der Waals surface area contributed by atoms with Crippen LogP contribution in [0.1, 0.15) is 18.6 Å². The fraction of sp³-hybridized carbons (Fsp3) is 0.400. The molecule has 1 atom stereocenters. The Kier molecular flexibility index (Phi) is 3.96. The minimum absolute atomic E-state index is 0.0194. The molecule has 4 rings (SSSR count). The number of rotatable bonds is 7. The lowest BCUT2D eigenvalue weighted by molar-refractivity contribution is -0.384. The van der Waals surface area contributed by atoms with Gasteiger partial charge in [-0.25, -0.2) is 14.3 Å². The molecule has 0 saturated carbocycles. The molecule has 0 spiro atoms. The monoisotopic (exact) mass is 363 g/mol. The molecule has 0 aliphatic carbocycles. The summed E-state index contributed by atoms with van der Waals surface area (Å²) in [5.41, 5.74) is 1.12. The molecule has 25 heavy (non-hydrogen) atoms. The maximum Gasteiger partial charge on any atom is 0.346 e. The number of aromatic nitrogens is 2. The second-order valence-corrected chi connectivity index (χ2v) is 8.44. The summed E-state index contributed by atoms with van der Waals surface area (Å²) in [6.07, 6.45) is 4.27. The molecule has 2 aromatic rings. The molecule has 2 fully saturated rings. The largest absolute Gasteiger partial charge is 0.346 e. The van der Waals surface area contributed by atoms with Crippen molar-refractivity contribution < 1.29 is 14.0 Å². The third kappa shape index (κ3) is 3.11. The molecule has 2 aliphatic heterocycles. The van der Waals surface area contributed by atoms with Gasteiger partial charge in [0.1, 0.15) is 5.69 Å². The summed E-state index contributed by atoms with van der Waals surface area (Å²) in [4.78, 5) is 14.8. The van der Waals surface area contributed by atoms with Gasteiger partial charge in [-0.15, -0.1) is 0 Å². The molecule has 1 aromatic heterocycles. The van der Waals surface area contributed by atoms with Crippen LogP contribution < -0.4 is 0 Å². The normalized spacial score (nSPS) is 18.9. The molecule has 0 N–H and O–H groups in total. The van der Waals surface area contributed by atoms with Gasteiger partial charge in [0.25, 0.3) is 5.69 Å². The molecule has 0 amide bonds. The number of benzene rings is 1. The Bertz CT molecular complexity index is 832. The first-order valence-electron chi connectivity index (χ1n) is 8.05. The average molecular weight is 363 g/mol. The highest BCUT2D eigenvalue weighted by molar-refractivity contribution is 7.54. The molecular formula is C15H18N5O4P. The lowest BCUT2D eigenvalue weighted by Gasteiger charge is -2.24. The van der Waals surface area contributed by atoms with Crippen LogP contribution in [0.15, 0.2) is 36.9 Å². The van der Waals surface area contributed by atoms with E-state index in [1.807, 2.05) is 16.3 Å². The van der Waals surface area contributed by atoms with Gasteiger partial charge in [0.05, 0.1) is 17.4 Å². The molecule has 0 radical (unpaired) electrons. The van der Waals surface area contributed by atoms with Crippen LogP contribution in [0.5, 0.6) is 0 Å². The van der Waals surface area contributed by atoms with Gasteiger partial charge in [-0.3, -0.25) is 19.2 Å². The number of nitro groups is 1. The van der Waals surface area contributed by atoms with E-state index in [1.165, 1.54) is 12.4 Å². The van der Waals surface area contributed by atoms with E-state index in [1.54, 1.807) is 29.1 Å². The number of nitrogens with zero attached hydrogens (tertiary/aromatic N) is 5. The molecule has 10 heteroatoms. The van der Waals surface area contributed by atoms with Crippen molar-refractivity contribution in [3.05, 3.63) is 52.6 Å². The van der Waals surface area contributed by atoms with Gasteiger partial charge >= 0.3 is 7.67 Å². The van der Waals surface area contributed by atoms with Gasteiger partial charge in [-0.05, 0) is 24.6 Å². The highest BCUT2D eigenvalue weighted by atomic mass is 31.2. The van der Waals surface area contributed by atoms with Crippen LogP contribution in [0.25, 0.3) is 5.69 Å². The van der Waals surface area contributed by atoms with Crippen LogP contribution >= 0.6 is 7.67 Å². The van der Waals surface area contributed by atoms with Crippen molar-refractivity contribution in [1.82, 2.24) is 18.9 Å². The third-order valence-corrected chi connectivity index (χ3v) is 7.13. The van der Waals surface area contributed by atoms with E-state index >= 15 is 0 Å². The molecule has 9 nitrogen and oxygen atoms in total. The number of imidazole rings is 1. The molecule has 0 bridgehead atoms. The highest BCUT2D eigenvalue weighted by Crippen LogP contribution is 2.63. The van der Waals surface area contributed by atoms with E-state index in [0.29, 0.717) is 5.69 Å². The van der Waals surface area contributed by atoms with Crippen molar-refractivity contribution in [3.63, 3.8) is 0 Å². The van der Waals surface area contributed by atoms with Crippen LogP contribution in [0.3, 0.4) is 0 Å². The molecule has 1 aromatic carbocycles. The minimum atomic E-state index is -2.96. The predicted octanol–water partition coefficient (Wildman–Crippen LogP) is 2.60. The van der Waals surface area contributed by atoms with Gasteiger partial charge in [-0.1, -0.05) is 0 Å². The predicted molar refractivity (Wildman–Crippen MR) is 90.5 cm³/mol. The molecule has 132 valence electrons. The summed E-state index contributed by atoms with van der Waals surface area (Å²) in [6.45, 7) is 4.93. The topological polar surface area (TPSA) is 93.3 Å². The zero-order valence-electron chi connectivity index (χ0n) is 13.7. The van der Waals surface area contributed by atoms with Crippen LogP contribution in [0, 0.1) is 10.1 Å². The lowest BCUT2D eigenvalue weighted by atomic mass is 10.1. The van der Waals surface area contributed by atoms with Gasteiger partial charge in [-0.2, -0.15) is 0 Å². The van der Waals surface area contributed by atoms with E-state index in [2.05, 4.69) is 4.98 Å². The van der Waals surface area contributed by atoms with E-state index < -0.39 is 18.7 Å². The van der Waals surface area contributed by atoms with Gasteiger partial charge in [0, 0.05) is 44.6 Å². The Morgan fingerprint density at radius 3 is 2.48 bits per heavy atom. The second-order valence-electron chi connectivity index (χ2n) is 6.12. The Balaban J connectivity index is 1.65. The second kappa shape index (κ2) is 6.03. The first kappa shape index (κ1) is 16.4. The summed E-state index contributed by atoms with van der Waals surface area (Å²) >= 11 is 0. The maximum atomic E-state index is 13.1. The van der Waals surface area contributed by atoms with Crippen LogP contribution in [0.4, 0.5) is 5.69 Å². The third-order valence-electron chi connectivity index (χ3n) is 4.31. The zero-order valence-corrected chi connectivity index (χ0v) is 14.6. The van der Waals surface area contributed by atoms with Gasteiger partial charge in [0.2, 0.25) is 0 Å². The van der Waals surface area contributed by atoms with E-state index in [-0.39, 0.29) is 5.69 Å². The zero-order chi connectivity index (χ0) is 17.6. The Hall–Kier alpha value is -2.06. The molecular weight excluding hydrogens is 345 g/mol. The Labute approximate surface area is 144 Å². The fourth-order valence-electron chi connectivity index (χ4n) is 2.73. The quantitative estimate of drug-likeness (QED) is 0.323. The average Bonchev–Trinajstić information content (AvgIpc) is 3.51.